The molecule has 2 aromatic rings. The summed E-state index contributed by atoms with van der Waals surface area (Å²) in [4.78, 5) is 2.33. The molecule has 1 unspecified atom stereocenters. The third-order valence-electron chi connectivity index (χ3n) is 5.05. The minimum Gasteiger partial charge on any atom is -0.504 e. The average molecular weight is 356 g/mol. The van der Waals surface area contributed by atoms with Crippen LogP contribution in [0.4, 0.5) is 0 Å². The second kappa shape index (κ2) is 8.43. The summed E-state index contributed by atoms with van der Waals surface area (Å²) in [5.41, 5.74) is 3.17. The molecule has 0 saturated heterocycles. The van der Waals surface area contributed by atoms with Crippen molar-refractivity contribution in [1.82, 2.24) is 10.2 Å². The predicted molar refractivity (Wildman–Crippen MR) is 103 cm³/mol. The number of nitrogens with one attached hydrogen (secondary N) is 1. The summed E-state index contributed by atoms with van der Waals surface area (Å²) in [5, 5.41) is 23.2. The van der Waals surface area contributed by atoms with E-state index in [0.29, 0.717) is 6.61 Å². The number of benzene rings is 2. The molecule has 0 saturated carbocycles. The quantitative estimate of drug-likeness (QED) is 0.666. The summed E-state index contributed by atoms with van der Waals surface area (Å²) >= 11 is 0. The van der Waals surface area contributed by atoms with Gasteiger partial charge in [0, 0.05) is 13.1 Å². The highest BCUT2D eigenvalue weighted by molar-refractivity contribution is 5.50. The molecule has 0 spiro atoms. The number of phenols is 2. The Morgan fingerprint density at radius 2 is 1.88 bits per heavy atom. The molecular formula is C21H28N2O3. The van der Waals surface area contributed by atoms with Crippen LogP contribution in [0.1, 0.15) is 36.6 Å². The third kappa shape index (κ3) is 4.11. The van der Waals surface area contributed by atoms with Crippen molar-refractivity contribution >= 4 is 0 Å². The van der Waals surface area contributed by atoms with Crippen molar-refractivity contribution < 1.29 is 14.9 Å². The van der Waals surface area contributed by atoms with Crippen LogP contribution in [-0.4, -0.2) is 47.9 Å². The van der Waals surface area contributed by atoms with Gasteiger partial charge in [0.2, 0.25) is 0 Å². The Morgan fingerprint density at radius 3 is 2.65 bits per heavy atom. The Bertz CT molecular complexity index is 744. The Morgan fingerprint density at radius 1 is 1.12 bits per heavy atom. The van der Waals surface area contributed by atoms with Crippen LogP contribution in [0.15, 0.2) is 36.4 Å². The van der Waals surface area contributed by atoms with Crippen molar-refractivity contribution in [3.8, 4) is 17.2 Å². The lowest BCUT2D eigenvalue weighted by molar-refractivity contribution is 0.222. The monoisotopic (exact) mass is 356 g/mol. The summed E-state index contributed by atoms with van der Waals surface area (Å²) in [7, 11) is 0. The fourth-order valence-corrected chi connectivity index (χ4v) is 3.50. The van der Waals surface area contributed by atoms with Crippen LogP contribution >= 0.6 is 0 Å². The van der Waals surface area contributed by atoms with Gasteiger partial charge in [0.05, 0.1) is 6.04 Å². The van der Waals surface area contributed by atoms with Gasteiger partial charge < -0.3 is 25.2 Å². The van der Waals surface area contributed by atoms with Crippen LogP contribution < -0.4 is 10.1 Å². The molecule has 5 heteroatoms. The Labute approximate surface area is 155 Å². The van der Waals surface area contributed by atoms with Gasteiger partial charge in [0.1, 0.15) is 12.4 Å². The van der Waals surface area contributed by atoms with Gasteiger partial charge >= 0.3 is 0 Å². The van der Waals surface area contributed by atoms with Crippen molar-refractivity contribution in [3.05, 3.63) is 53.1 Å². The van der Waals surface area contributed by atoms with Gasteiger partial charge in [0.25, 0.3) is 0 Å². The van der Waals surface area contributed by atoms with Crippen molar-refractivity contribution in [2.24, 2.45) is 0 Å². The van der Waals surface area contributed by atoms with Gasteiger partial charge in [0.15, 0.2) is 11.5 Å². The molecule has 1 atom stereocenters. The number of nitrogens with zero attached hydrogens (tertiary/aromatic N) is 1. The van der Waals surface area contributed by atoms with Gasteiger partial charge in [-0.2, -0.15) is 0 Å². The van der Waals surface area contributed by atoms with Gasteiger partial charge in [-0.15, -0.1) is 0 Å². The van der Waals surface area contributed by atoms with E-state index in [0.717, 1.165) is 55.0 Å². The van der Waals surface area contributed by atoms with E-state index in [1.807, 2.05) is 12.1 Å². The van der Waals surface area contributed by atoms with E-state index in [-0.39, 0.29) is 17.5 Å². The molecule has 0 bridgehead atoms. The van der Waals surface area contributed by atoms with Gasteiger partial charge in [-0.1, -0.05) is 26.0 Å². The van der Waals surface area contributed by atoms with E-state index in [1.165, 1.54) is 0 Å². The molecule has 0 amide bonds. The number of hydrogen-bond acceptors (Lipinski definition) is 5. The van der Waals surface area contributed by atoms with E-state index >= 15 is 0 Å². The number of ether oxygens (including phenoxy) is 1. The molecule has 5 nitrogen and oxygen atoms in total. The Kier molecular flexibility index (Phi) is 6.01. The van der Waals surface area contributed by atoms with E-state index in [9.17, 15) is 10.2 Å². The van der Waals surface area contributed by atoms with Crippen molar-refractivity contribution in [2.45, 2.75) is 26.3 Å². The van der Waals surface area contributed by atoms with Crippen LogP contribution in [-0.2, 0) is 6.42 Å². The zero-order valence-electron chi connectivity index (χ0n) is 15.5. The lowest BCUT2D eigenvalue weighted by Crippen LogP contribution is -2.30. The smallest absolute Gasteiger partial charge is 0.157 e. The number of hydrogen-bond donors (Lipinski definition) is 3. The number of phenolic OH excluding ortho intramolecular Hbond substituents is 2. The lowest BCUT2D eigenvalue weighted by atomic mass is 9.89. The minimum atomic E-state index is -0.0796. The second-order valence-corrected chi connectivity index (χ2v) is 6.62. The largest absolute Gasteiger partial charge is 0.504 e. The number of aromatic hydroxyl groups is 2. The SMILES string of the molecule is CCN(CC)CCOc1cccc(C2NCCc3cc(O)c(O)cc32)c1. The molecule has 26 heavy (non-hydrogen) atoms. The molecule has 1 heterocycles. The fraction of sp³-hybridized carbons (Fsp3) is 0.429. The van der Waals surface area contributed by atoms with Crippen LogP contribution in [0.25, 0.3) is 0 Å². The summed E-state index contributed by atoms with van der Waals surface area (Å²) in [6.45, 7) is 8.77. The zero-order valence-corrected chi connectivity index (χ0v) is 15.5. The van der Waals surface area contributed by atoms with Crippen LogP contribution in [0, 0.1) is 0 Å². The molecule has 0 aliphatic carbocycles. The number of fused-ring (bicyclic) bond motifs is 1. The molecule has 1 aliphatic heterocycles. The van der Waals surface area contributed by atoms with Gasteiger partial charge in [-0.25, -0.2) is 0 Å². The fourth-order valence-electron chi connectivity index (χ4n) is 3.50. The highest BCUT2D eigenvalue weighted by Crippen LogP contribution is 2.36. The minimum absolute atomic E-state index is 0.0171. The summed E-state index contributed by atoms with van der Waals surface area (Å²) in [6.07, 6.45) is 0.833. The average Bonchev–Trinajstić information content (AvgIpc) is 2.66. The molecule has 1 aliphatic rings. The maximum Gasteiger partial charge on any atom is 0.157 e. The summed E-state index contributed by atoms with van der Waals surface area (Å²) in [6, 6.07) is 11.4. The zero-order chi connectivity index (χ0) is 18.5. The van der Waals surface area contributed by atoms with Crippen molar-refractivity contribution in [2.75, 3.05) is 32.8 Å². The number of likely N-dealkylation sites (N-methyl/N-ethyl adjacent to an activating group) is 1. The summed E-state index contributed by atoms with van der Waals surface area (Å²) < 4.78 is 5.94. The van der Waals surface area contributed by atoms with Crippen molar-refractivity contribution in [3.63, 3.8) is 0 Å². The van der Waals surface area contributed by atoms with Gasteiger partial charge in [-0.3, -0.25) is 0 Å². The standard InChI is InChI=1S/C21H28N2O3/c1-3-23(4-2)10-11-26-17-7-5-6-16(12-17)21-18-14-20(25)19(24)13-15(18)8-9-22-21/h5-7,12-14,21-22,24-25H,3-4,8-11H2,1-2H3. The molecule has 3 N–H and O–H groups in total. The second-order valence-electron chi connectivity index (χ2n) is 6.62. The molecule has 0 aromatic heterocycles. The highest BCUT2D eigenvalue weighted by atomic mass is 16.5. The first-order chi connectivity index (χ1) is 12.6. The van der Waals surface area contributed by atoms with Crippen LogP contribution in [0.5, 0.6) is 17.2 Å². The molecule has 0 fully saturated rings. The van der Waals surface area contributed by atoms with E-state index in [4.69, 9.17) is 4.74 Å². The van der Waals surface area contributed by atoms with E-state index in [1.54, 1.807) is 12.1 Å². The number of rotatable bonds is 7. The topological polar surface area (TPSA) is 65.0 Å². The van der Waals surface area contributed by atoms with E-state index < -0.39 is 0 Å². The Balaban J connectivity index is 1.76. The lowest BCUT2D eigenvalue weighted by Gasteiger charge is -2.28. The predicted octanol–water partition coefficient (Wildman–Crippen LogP) is 3.05. The third-order valence-corrected chi connectivity index (χ3v) is 5.05. The highest BCUT2D eigenvalue weighted by Gasteiger charge is 2.23. The molecule has 140 valence electrons. The Hall–Kier alpha value is -2.24. The normalized spacial score (nSPS) is 16.5. The van der Waals surface area contributed by atoms with Crippen molar-refractivity contribution in [1.29, 1.82) is 0 Å². The molecule has 0 radical (unpaired) electrons. The molecule has 3 rings (SSSR count). The van der Waals surface area contributed by atoms with Gasteiger partial charge in [-0.05, 0) is 60.5 Å². The van der Waals surface area contributed by atoms with Crippen LogP contribution in [0.3, 0.4) is 0 Å². The first-order valence-corrected chi connectivity index (χ1v) is 9.35. The maximum atomic E-state index is 9.90. The van der Waals surface area contributed by atoms with Crippen LogP contribution in [0.2, 0.25) is 0 Å². The first kappa shape index (κ1) is 18.5. The molecular weight excluding hydrogens is 328 g/mol. The summed E-state index contributed by atoms with van der Waals surface area (Å²) in [5.74, 6) is 0.716. The van der Waals surface area contributed by atoms with E-state index in [2.05, 4.69) is 36.2 Å². The maximum absolute atomic E-state index is 9.90. The first-order valence-electron chi connectivity index (χ1n) is 9.35. The molecule has 2 aromatic carbocycles.